The molecule has 0 spiro atoms. The Balaban J connectivity index is 2.69. The van der Waals surface area contributed by atoms with Gasteiger partial charge >= 0.3 is 0 Å². The Kier molecular flexibility index (Phi) is 4.69. The molecular formula is C8H14N6. The van der Waals surface area contributed by atoms with E-state index in [4.69, 9.17) is 11.1 Å². The fourth-order valence-electron chi connectivity index (χ4n) is 1.85. The summed E-state index contributed by atoms with van der Waals surface area (Å²) in [7, 11) is 0. The molecule has 76 valence electrons. The Morgan fingerprint density at radius 1 is 0.786 bits per heavy atom. The molecule has 6 heteroatoms. The lowest BCUT2D eigenvalue weighted by Gasteiger charge is -2.21. The summed E-state index contributed by atoms with van der Waals surface area (Å²) < 4.78 is 0. The summed E-state index contributed by atoms with van der Waals surface area (Å²) in [6.07, 6.45) is 6.16. The molecule has 0 bridgehead atoms. The van der Waals surface area contributed by atoms with Gasteiger partial charge in [0, 0.05) is 21.9 Å². The molecule has 0 heterocycles. The van der Waals surface area contributed by atoms with Crippen molar-refractivity contribution in [2.45, 2.75) is 50.6 Å². The topological polar surface area (TPSA) is 97.5 Å². The van der Waals surface area contributed by atoms with Crippen LogP contribution in [-0.2, 0) is 0 Å². The van der Waals surface area contributed by atoms with Gasteiger partial charge in [-0.05, 0) is 23.9 Å². The highest BCUT2D eigenvalue weighted by molar-refractivity contribution is 4.84. The van der Waals surface area contributed by atoms with Crippen LogP contribution in [0, 0.1) is 0 Å². The summed E-state index contributed by atoms with van der Waals surface area (Å²) in [5.41, 5.74) is 16.8. The van der Waals surface area contributed by atoms with Crippen LogP contribution < -0.4 is 0 Å². The van der Waals surface area contributed by atoms with Crippen molar-refractivity contribution in [3.05, 3.63) is 20.9 Å². The summed E-state index contributed by atoms with van der Waals surface area (Å²) >= 11 is 0. The lowest BCUT2D eigenvalue weighted by Crippen LogP contribution is -2.23. The second-order valence-electron chi connectivity index (χ2n) is 3.54. The van der Waals surface area contributed by atoms with E-state index >= 15 is 0 Å². The second kappa shape index (κ2) is 6.13. The van der Waals surface area contributed by atoms with Gasteiger partial charge in [-0.25, -0.2) is 0 Å². The smallest absolute Gasteiger partial charge is 0.0458 e. The van der Waals surface area contributed by atoms with Crippen molar-refractivity contribution in [3.63, 3.8) is 0 Å². The van der Waals surface area contributed by atoms with Crippen molar-refractivity contribution in [2.75, 3.05) is 0 Å². The normalized spacial score (nSPS) is 27.7. The summed E-state index contributed by atoms with van der Waals surface area (Å²) in [6.45, 7) is 0. The van der Waals surface area contributed by atoms with Crippen LogP contribution in [0.1, 0.15) is 38.5 Å². The fourth-order valence-corrected chi connectivity index (χ4v) is 1.85. The maximum Gasteiger partial charge on any atom is 0.0458 e. The van der Waals surface area contributed by atoms with Gasteiger partial charge in [-0.3, -0.25) is 0 Å². The number of nitrogens with zero attached hydrogens (tertiary/aromatic N) is 6. The molecule has 1 aliphatic carbocycles. The first-order valence-corrected chi connectivity index (χ1v) is 4.97. The highest BCUT2D eigenvalue weighted by atomic mass is 15.2. The molecule has 0 aromatic rings. The first kappa shape index (κ1) is 10.7. The Bertz CT molecular complexity index is 235. The Morgan fingerprint density at radius 2 is 1.21 bits per heavy atom. The molecular weight excluding hydrogens is 180 g/mol. The monoisotopic (exact) mass is 194 g/mol. The van der Waals surface area contributed by atoms with E-state index in [0.29, 0.717) is 0 Å². The molecule has 2 atom stereocenters. The summed E-state index contributed by atoms with van der Waals surface area (Å²) in [5, 5.41) is 7.40. The van der Waals surface area contributed by atoms with Crippen LogP contribution in [-0.4, -0.2) is 12.1 Å². The minimum absolute atomic E-state index is 0.142. The van der Waals surface area contributed by atoms with Crippen LogP contribution in [0.15, 0.2) is 10.2 Å². The van der Waals surface area contributed by atoms with E-state index in [-0.39, 0.29) is 12.1 Å². The van der Waals surface area contributed by atoms with E-state index in [1.807, 2.05) is 0 Å². The first-order chi connectivity index (χ1) is 6.88. The number of rotatable bonds is 2. The lowest BCUT2D eigenvalue weighted by molar-refractivity contribution is 0.402. The SMILES string of the molecule is [N-]=[N+]=NC1CCCCCCC1N=[N+]=[N-]. The maximum absolute atomic E-state index is 8.39. The van der Waals surface area contributed by atoms with Crippen LogP contribution in [0.5, 0.6) is 0 Å². The molecule has 0 N–H and O–H groups in total. The van der Waals surface area contributed by atoms with Crippen molar-refractivity contribution in [1.82, 2.24) is 0 Å². The minimum atomic E-state index is -0.142. The van der Waals surface area contributed by atoms with Gasteiger partial charge in [-0.2, -0.15) is 0 Å². The van der Waals surface area contributed by atoms with Crippen LogP contribution in [0.4, 0.5) is 0 Å². The van der Waals surface area contributed by atoms with Crippen molar-refractivity contribution in [1.29, 1.82) is 0 Å². The molecule has 1 saturated carbocycles. The Hall–Kier alpha value is -1.38. The predicted molar refractivity (Wildman–Crippen MR) is 53.6 cm³/mol. The van der Waals surface area contributed by atoms with Crippen molar-refractivity contribution in [2.24, 2.45) is 10.2 Å². The molecule has 0 aliphatic heterocycles. The third kappa shape index (κ3) is 3.17. The number of hydrogen-bond acceptors (Lipinski definition) is 2. The second-order valence-corrected chi connectivity index (χ2v) is 3.54. The fraction of sp³-hybridized carbons (Fsp3) is 1.00. The minimum Gasteiger partial charge on any atom is -0.0902 e. The molecule has 1 fully saturated rings. The summed E-state index contributed by atoms with van der Waals surface area (Å²) in [6, 6.07) is -0.285. The summed E-state index contributed by atoms with van der Waals surface area (Å²) in [4.78, 5) is 5.61. The standard InChI is InChI=1S/C8H14N6/c9-13-11-7-5-3-1-2-4-6-8(7)12-14-10/h7-8H,1-6H2. The van der Waals surface area contributed by atoms with Gasteiger partial charge in [0.25, 0.3) is 0 Å². The van der Waals surface area contributed by atoms with Crippen molar-refractivity contribution in [3.8, 4) is 0 Å². The average molecular weight is 194 g/mol. The van der Waals surface area contributed by atoms with Gasteiger partial charge in [0.05, 0.1) is 0 Å². The third-order valence-electron chi connectivity index (χ3n) is 2.59. The van der Waals surface area contributed by atoms with Crippen LogP contribution in [0.3, 0.4) is 0 Å². The zero-order valence-corrected chi connectivity index (χ0v) is 8.08. The van der Waals surface area contributed by atoms with E-state index in [2.05, 4.69) is 20.1 Å². The molecule has 1 aliphatic rings. The van der Waals surface area contributed by atoms with E-state index in [9.17, 15) is 0 Å². The Labute approximate surface area is 82.6 Å². The van der Waals surface area contributed by atoms with Gasteiger partial charge in [0.15, 0.2) is 0 Å². The molecule has 0 amide bonds. The first-order valence-electron chi connectivity index (χ1n) is 4.97. The van der Waals surface area contributed by atoms with E-state index in [1.54, 1.807) is 0 Å². The maximum atomic E-state index is 8.39. The average Bonchev–Trinajstić information content (AvgIpc) is 2.16. The number of hydrogen-bond donors (Lipinski definition) is 0. The van der Waals surface area contributed by atoms with E-state index < -0.39 is 0 Å². The van der Waals surface area contributed by atoms with Gasteiger partial charge < -0.3 is 0 Å². The van der Waals surface area contributed by atoms with Gasteiger partial charge in [0.1, 0.15) is 0 Å². The van der Waals surface area contributed by atoms with E-state index in [0.717, 1.165) is 25.7 Å². The zero-order chi connectivity index (χ0) is 10.2. The van der Waals surface area contributed by atoms with Gasteiger partial charge in [-0.1, -0.05) is 35.9 Å². The van der Waals surface area contributed by atoms with Crippen LogP contribution in [0.2, 0.25) is 0 Å². The van der Waals surface area contributed by atoms with Gasteiger partial charge in [-0.15, -0.1) is 0 Å². The van der Waals surface area contributed by atoms with Crippen molar-refractivity contribution < 1.29 is 0 Å². The van der Waals surface area contributed by atoms with Crippen molar-refractivity contribution >= 4 is 0 Å². The zero-order valence-electron chi connectivity index (χ0n) is 8.08. The molecule has 6 nitrogen and oxygen atoms in total. The molecule has 0 saturated heterocycles. The highest BCUT2D eigenvalue weighted by Crippen LogP contribution is 2.22. The van der Waals surface area contributed by atoms with Gasteiger partial charge in [0.2, 0.25) is 0 Å². The highest BCUT2D eigenvalue weighted by Gasteiger charge is 2.20. The largest absolute Gasteiger partial charge is 0.0902 e. The molecule has 2 unspecified atom stereocenters. The molecule has 14 heavy (non-hydrogen) atoms. The molecule has 1 rings (SSSR count). The Morgan fingerprint density at radius 3 is 1.57 bits per heavy atom. The quantitative estimate of drug-likeness (QED) is 0.364. The molecule has 0 aromatic carbocycles. The molecule has 0 aromatic heterocycles. The summed E-state index contributed by atoms with van der Waals surface area (Å²) in [5.74, 6) is 0. The predicted octanol–water partition coefficient (Wildman–Crippen LogP) is 3.70. The third-order valence-corrected chi connectivity index (χ3v) is 2.59. The number of azide groups is 2. The lowest BCUT2D eigenvalue weighted by atomic mass is 9.93. The van der Waals surface area contributed by atoms with Crippen LogP contribution >= 0.6 is 0 Å². The van der Waals surface area contributed by atoms with Crippen LogP contribution in [0.25, 0.3) is 20.9 Å². The van der Waals surface area contributed by atoms with E-state index in [1.165, 1.54) is 12.8 Å². The molecule has 0 radical (unpaired) electrons.